The maximum Gasteiger partial charge on any atom is 0.0754 e. The molecule has 2 N–H and O–H groups in total. The van der Waals surface area contributed by atoms with Gasteiger partial charge in [-0.3, -0.25) is 0 Å². The standard InChI is InChI=1S/C15H19BrN2S/c1-3-11-4-6-13(7-5-11)18(2)14(9-17)15-8-12(16)10-19-15/h4-8,10,14H,3,9,17H2,1-2H3. The number of hydrogen-bond donors (Lipinski definition) is 1. The highest BCUT2D eigenvalue weighted by Crippen LogP contribution is 2.31. The van der Waals surface area contributed by atoms with E-state index < -0.39 is 0 Å². The Morgan fingerprint density at radius 1 is 1.32 bits per heavy atom. The average Bonchev–Trinajstić information content (AvgIpc) is 2.86. The molecule has 0 aliphatic heterocycles. The van der Waals surface area contributed by atoms with Crippen molar-refractivity contribution in [1.82, 2.24) is 0 Å². The zero-order valence-corrected chi connectivity index (χ0v) is 13.7. The minimum Gasteiger partial charge on any atom is -0.365 e. The van der Waals surface area contributed by atoms with Gasteiger partial charge in [-0.2, -0.15) is 0 Å². The van der Waals surface area contributed by atoms with Crippen LogP contribution >= 0.6 is 27.3 Å². The highest BCUT2D eigenvalue weighted by Gasteiger charge is 2.17. The molecule has 102 valence electrons. The topological polar surface area (TPSA) is 29.3 Å². The molecule has 0 radical (unpaired) electrons. The molecule has 0 spiro atoms. The molecule has 0 fully saturated rings. The zero-order chi connectivity index (χ0) is 13.8. The van der Waals surface area contributed by atoms with E-state index in [0.29, 0.717) is 6.54 Å². The van der Waals surface area contributed by atoms with Gasteiger partial charge in [0.1, 0.15) is 0 Å². The fraction of sp³-hybridized carbons (Fsp3) is 0.333. The van der Waals surface area contributed by atoms with E-state index in [2.05, 4.69) is 70.5 Å². The van der Waals surface area contributed by atoms with Crippen LogP contribution in [-0.2, 0) is 6.42 Å². The first kappa shape index (κ1) is 14.6. The van der Waals surface area contributed by atoms with Crippen molar-refractivity contribution in [3.63, 3.8) is 0 Å². The Morgan fingerprint density at radius 3 is 2.47 bits per heavy atom. The van der Waals surface area contributed by atoms with Crippen molar-refractivity contribution in [2.24, 2.45) is 5.73 Å². The largest absolute Gasteiger partial charge is 0.365 e. The van der Waals surface area contributed by atoms with Crippen LogP contribution in [0.2, 0.25) is 0 Å². The van der Waals surface area contributed by atoms with Crippen LogP contribution in [0.15, 0.2) is 40.2 Å². The lowest BCUT2D eigenvalue weighted by Crippen LogP contribution is -2.29. The summed E-state index contributed by atoms with van der Waals surface area (Å²) in [5, 5.41) is 2.10. The number of aryl methyl sites for hydroxylation is 1. The van der Waals surface area contributed by atoms with E-state index in [0.717, 1.165) is 10.9 Å². The van der Waals surface area contributed by atoms with Crippen molar-refractivity contribution in [3.05, 3.63) is 50.6 Å². The van der Waals surface area contributed by atoms with Crippen LogP contribution in [0.4, 0.5) is 5.69 Å². The van der Waals surface area contributed by atoms with Gasteiger partial charge in [0.15, 0.2) is 0 Å². The van der Waals surface area contributed by atoms with E-state index in [1.54, 1.807) is 11.3 Å². The number of nitrogens with zero attached hydrogens (tertiary/aromatic N) is 1. The molecule has 1 heterocycles. The SMILES string of the molecule is CCc1ccc(N(C)C(CN)c2cc(Br)cs2)cc1. The number of anilines is 1. The third-order valence-electron chi connectivity index (χ3n) is 3.36. The molecular weight excluding hydrogens is 320 g/mol. The van der Waals surface area contributed by atoms with Crippen molar-refractivity contribution in [2.45, 2.75) is 19.4 Å². The summed E-state index contributed by atoms with van der Waals surface area (Å²) < 4.78 is 1.13. The Balaban J connectivity index is 2.22. The molecule has 19 heavy (non-hydrogen) atoms. The second kappa shape index (κ2) is 6.55. The summed E-state index contributed by atoms with van der Waals surface area (Å²) in [6.07, 6.45) is 1.07. The van der Waals surface area contributed by atoms with E-state index in [9.17, 15) is 0 Å². The van der Waals surface area contributed by atoms with Gasteiger partial charge >= 0.3 is 0 Å². The molecule has 0 saturated carbocycles. The second-order valence-electron chi connectivity index (χ2n) is 4.55. The van der Waals surface area contributed by atoms with Gasteiger partial charge in [-0.25, -0.2) is 0 Å². The Bertz CT molecular complexity index is 521. The molecule has 0 amide bonds. The Hall–Kier alpha value is -0.840. The van der Waals surface area contributed by atoms with Crippen molar-refractivity contribution in [2.75, 3.05) is 18.5 Å². The highest BCUT2D eigenvalue weighted by atomic mass is 79.9. The molecule has 0 bridgehead atoms. The summed E-state index contributed by atoms with van der Waals surface area (Å²) >= 11 is 5.25. The molecule has 0 saturated heterocycles. The second-order valence-corrected chi connectivity index (χ2v) is 6.41. The average molecular weight is 339 g/mol. The van der Waals surface area contributed by atoms with Gasteiger partial charge < -0.3 is 10.6 Å². The van der Waals surface area contributed by atoms with Crippen LogP contribution in [0.3, 0.4) is 0 Å². The van der Waals surface area contributed by atoms with Crippen LogP contribution < -0.4 is 10.6 Å². The summed E-state index contributed by atoms with van der Waals surface area (Å²) in [6, 6.07) is 11.1. The maximum absolute atomic E-state index is 5.96. The van der Waals surface area contributed by atoms with Crippen molar-refractivity contribution >= 4 is 33.0 Å². The number of halogens is 1. The zero-order valence-electron chi connectivity index (χ0n) is 11.3. The smallest absolute Gasteiger partial charge is 0.0754 e. The van der Waals surface area contributed by atoms with E-state index in [4.69, 9.17) is 5.73 Å². The summed E-state index contributed by atoms with van der Waals surface area (Å²) in [5.41, 5.74) is 8.53. The normalized spacial score (nSPS) is 12.4. The summed E-state index contributed by atoms with van der Waals surface area (Å²) in [5.74, 6) is 0. The number of likely N-dealkylation sites (N-methyl/N-ethyl adjacent to an activating group) is 1. The van der Waals surface area contributed by atoms with Crippen molar-refractivity contribution in [3.8, 4) is 0 Å². The predicted octanol–water partition coefficient (Wildman–Crippen LogP) is 4.21. The van der Waals surface area contributed by atoms with Crippen LogP contribution in [0.25, 0.3) is 0 Å². The van der Waals surface area contributed by atoms with E-state index in [-0.39, 0.29) is 6.04 Å². The van der Waals surface area contributed by atoms with Gasteiger partial charge in [-0.1, -0.05) is 19.1 Å². The summed E-state index contributed by atoms with van der Waals surface area (Å²) in [6.45, 7) is 2.78. The van der Waals surface area contributed by atoms with Gasteiger partial charge in [0, 0.05) is 34.0 Å². The number of nitrogens with two attached hydrogens (primary N) is 1. The van der Waals surface area contributed by atoms with Gasteiger partial charge in [-0.05, 0) is 46.1 Å². The lowest BCUT2D eigenvalue weighted by Gasteiger charge is -2.28. The van der Waals surface area contributed by atoms with Gasteiger partial charge in [0.05, 0.1) is 6.04 Å². The number of hydrogen-bond acceptors (Lipinski definition) is 3. The maximum atomic E-state index is 5.96. The molecule has 1 atom stereocenters. The monoisotopic (exact) mass is 338 g/mol. The number of rotatable bonds is 5. The lowest BCUT2D eigenvalue weighted by atomic mass is 10.1. The molecule has 4 heteroatoms. The predicted molar refractivity (Wildman–Crippen MR) is 88.0 cm³/mol. The van der Waals surface area contributed by atoms with Gasteiger partial charge in [0.2, 0.25) is 0 Å². The molecule has 2 aromatic rings. The highest BCUT2D eigenvalue weighted by molar-refractivity contribution is 9.10. The first-order chi connectivity index (χ1) is 9.15. The molecule has 0 aliphatic rings. The molecule has 2 nitrogen and oxygen atoms in total. The summed E-state index contributed by atoms with van der Waals surface area (Å²) in [7, 11) is 2.10. The molecule has 0 aliphatic carbocycles. The fourth-order valence-corrected chi connectivity index (χ4v) is 3.72. The van der Waals surface area contributed by atoms with E-state index in [1.165, 1.54) is 16.1 Å². The fourth-order valence-electron chi connectivity index (χ4n) is 2.11. The van der Waals surface area contributed by atoms with Gasteiger partial charge in [0.25, 0.3) is 0 Å². The number of benzene rings is 1. The third kappa shape index (κ3) is 3.38. The molecule has 1 aromatic heterocycles. The van der Waals surface area contributed by atoms with E-state index in [1.807, 2.05) is 0 Å². The third-order valence-corrected chi connectivity index (χ3v) is 5.15. The van der Waals surface area contributed by atoms with Crippen LogP contribution in [-0.4, -0.2) is 13.6 Å². The first-order valence-corrected chi connectivity index (χ1v) is 8.08. The quantitative estimate of drug-likeness (QED) is 0.884. The van der Waals surface area contributed by atoms with Crippen LogP contribution in [0, 0.1) is 0 Å². The van der Waals surface area contributed by atoms with Crippen molar-refractivity contribution in [1.29, 1.82) is 0 Å². The van der Waals surface area contributed by atoms with Crippen LogP contribution in [0.5, 0.6) is 0 Å². The summed E-state index contributed by atoms with van der Waals surface area (Å²) in [4.78, 5) is 3.54. The lowest BCUT2D eigenvalue weighted by molar-refractivity contribution is 0.692. The number of thiophene rings is 1. The Labute approximate surface area is 127 Å². The molecule has 1 aromatic carbocycles. The Kier molecular flexibility index (Phi) is 5.02. The molecule has 1 unspecified atom stereocenters. The van der Waals surface area contributed by atoms with Crippen molar-refractivity contribution < 1.29 is 0 Å². The minimum absolute atomic E-state index is 0.226. The first-order valence-electron chi connectivity index (χ1n) is 6.41. The molecular formula is C15H19BrN2S. The molecule has 2 rings (SSSR count). The van der Waals surface area contributed by atoms with Gasteiger partial charge in [-0.15, -0.1) is 11.3 Å². The van der Waals surface area contributed by atoms with Crippen LogP contribution in [0.1, 0.15) is 23.4 Å². The minimum atomic E-state index is 0.226. The Morgan fingerprint density at radius 2 is 2.00 bits per heavy atom. The van der Waals surface area contributed by atoms with E-state index >= 15 is 0 Å².